The number of hydrogen-bond donors (Lipinski definition) is 0. The molecule has 0 saturated carbocycles. The number of benzene rings is 1. The Bertz CT molecular complexity index is 863. The fraction of sp³-hybridized carbons (Fsp3) is 0.435. The van der Waals surface area contributed by atoms with Crippen molar-refractivity contribution in [3.8, 4) is 11.4 Å². The fourth-order valence-electron chi connectivity index (χ4n) is 4.24. The van der Waals surface area contributed by atoms with Gasteiger partial charge in [0.05, 0.1) is 13.0 Å². The minimum Gasteiger partial charge on any atom is -0.469 e. The third-order valence-corrected chi connectivity index (χ3v) is 6.00. The van der Waals surface area contributed by atoms with Crippen LogP contribution in [0.4, 0.5) is 5.69 Å². The lowest BCUT2D eigenvalue weighted by atomic mass is 10.1. The van der Waals surface area contributed by atoms with Gasteiger partial charge in [-0.1, -0.05) is 6.58 Å². The van der Waals surface area contributed by atoms with E-state index in [2.05, 4.69) is 55.5 Å². The molecule has 7 heteroatoms. The molecule has 4 rings (SSSR count). The van der Waals surface area contributed by atoms with Crippen molar-refractivity contribution in [3.05, 3.63) is 55.0 Å². The minimum absolute atomic E-state index is 0.00362. The highest BCUT2D eigenvalue weighted by Gasteiger charge is 2.30. The largest absolute Gasteiger partial charge is 0.469 e. The van der Waals surface area contributed by atoms with Crippen molar-refractivity contribution in [2.24, 2.45) is 5.92 Å². The van der Waals surface area contributed by atoms with Crippen molar-refractivity contribution >= 4 is 11.7 Å². The molecular formula is C23H29N5O2. The molecule has 158 valence electrons. The first kappa shape index (κ1) is 20.3. The summed E-state index contributed by atoms with van der Waals surface area (Å²) in [6.07, 6.45) is 4.40. The molecule has 0 aliphatic carbocycles. The third kappa shape index (κ3) is 4.62. The molecule has 1 aromatic heterocycles. The van der Waals surface area contributed by atoms with E-state index in [0.717, 1.165) is 69.3 Å². The van der Waals surface area contributed by atoms with Gasteiger partial charge in [-0.2, -0.15) is 0 Å². The Morgan fingerprint density at radius 2 is 1.80 bits per heavy atom. The number of piperazine rings is 1. The predicted octanol–water partition coefficient (Wildman–Crippen LogP) is 2.27. The molecule has 2 aliphatic heterocycles. The summed E-state index contributed by atoms with van der Waals surface area (Å²) < 4.78 is 4.88. The summed E-state index contributed by atoms with van der Waals surface area (Å²) in [6.45, 7) is 10.7. The SMILES string of the molecule is C=C(CN1CC[C@@H](C(=O)OC)C1)N1CCN(c2ccc(-c3ncccn3)cc2)CC1. The molecule has 0 radical (unpaired) electrons. The van der Waals surface area contributed by atoms with Crippen molar-refractivity contribution in [3.63, 3.8) is 0 Å². The van der Waals surface area contributed by atoms with Crippen LogP contribution < -0.4 is 4.90 Å². The number of nitrogens with zero attached hydrogens (tertiary/aromatic N) is 5. The third-order valence-electron chi connectivity index (χ3n) is 6.00. The van der Waals surface area contributed by atoms with Crippen LogP contribution in [0.15, 0.2) is 55.0 Å². The van der Waals surface area contributed by atoms with Crippen LogP contribution >= 0.6 is 0 Å². The van der Waals surface area contributed by atoms with Gasteiger partial charge in [-0.3, -0.25) is 9.69 Å². The van der Waals surface area contributed by atoms with Gasteiger partial charge in [0.25, 0.3) is 0 Å². The second-order valence-electron chi connectivity index (χ2n) is 7.90. The number of anilines is 1. The Morgan fingerprint density at radius 3 is 2.47 bits per heavy atom. The second-order valence-corrected chi connectivity index (χ2v) is 7.90. The summed E-state index contributed by atoms with van der Waals surface area (Å²) >= 11 is 0. The first-order valence-electron chi connectivity index (χ1n) is 10.5. The molecule has 2 aliphatic rings. The van der Waals surface area contributed by atoms with Gasteiger partial charge >= 0.3 is 5.97 Å². The second kappa shape index (κ2) is 9.26. The number of methoxy groups -OCH3 is 1. The number of rotatable bonds is 6. The number of carbonyl (C=O) groups excluding carboxylic acids is 1. The van der Waals surface area contributed by atoms with Gasteiger partial charge in [-0.15, -0.1) is 0 Å². The molecule has 0 amide bonds. The molecule has 2 fully saturated rings. The van der Waals surface area contributed by atoms with Crippen LogP contribution in [-0.2, 0) is 9.53 Å². The van der Waals surface area contributed by atoms with Gasteiger partial charge in [-0.05, 0) is 43.3 Å². The highest BCUT2D eigenvalue weighted by atomic mass is 16.5. The number of aromatic nitrogens is 2. The van der Waals surface area contributed by atoms with Crippen molar-refractivity contribution in [1.82, 2.24) is 19.8 Å². The normalized spacial score (nSPS) is 19.7. The first-order valence-corrected chi connectivity index (χ1v) is 10.5. The van der Waals surface area contributed by atoms with E-state index >= 15 is 0 Å². The molecule has 1 aromatic carbocycles. The zero-order valence-electron chi connectivity index (χ0n) is 17.5. The smallest absolute Gasteiger partial charge is 0.310 e. The Morgan fingerprint density at radius 1 is 1.10 bits per heavy atom. The van der Waals surface area contributed by atoms with E-state index in [4.69, 9.17) is 4.74 Å². The summed E-state index contributed by atoms with van der Waals surface area (Å²) in [5.41, 5.74) is 3.39. The lowest BCUT2D eigenvalue weighted by Crippen LogP contribution is -2.47. The summed E-state index contributed by atoms with van der Waals surface area (Å²) in [5, 5.41) is 0. The maximum absolute atomic E-state index is 11.7. The van der Waals surface area contributed by atoms with Gasteiger partial charge in [0, 0.05) is 68.6 Å². The number of likely N-dealkylation sites (tertiary alicyclic amines) is 1. The lowest BCUT2D eigenvalue weighted by Gasteiger charge is -2.39. The predicted molar refractivity (Wildman–Crippen MR) is 117 cm³/mol. The van der Waals surface area contributed by atoms with Crippen molar-refractivity contribution in [1.29, 1.82) is 0 Å². The first-order chi connectivity index (χ1) is 14.6. The molecule has 2 saturated heterocycles. The molecule has 0 unspecified atom stereocenters. The Balaban J connectivity index is 1.27. The number of hydrogen-bond acceptors (Lipinski definition) is 7. The number of carbonyl (C=O) groups is 1. The summed E-state index contributed by atoms with van der Waals surface area (Å²) in [6, 6.07) is 10.3. The molecular weight excluding hydrogens is 378 g/mol. The molecule has 0 spiro atoms. The Hall–Kier alpha value is -2.93. The standard InChI is InChI=1S/C23H29N5O2/c1-18(16-26-11-8-20(17-26)23(29)30-2)27-12-14-28(15-13-27)21-6-4-19(5-7-21)22-24-9-3-10-25-22/h3-7,9-10,20H,1,8,11-17H2,2H3/t20-/m1/s1. The Kier molecular flexibility index (Phi) is 6.28. The van der Waals surface area contributed by atoms with Crippen molar-refractivity contribution in [2.75, 3.05) is 57.8 Å². The van der Waals surface area contributed by atoms with E-state index in [1.807, 2.05) is 6.07 Å². The highest BCUT2D eigenvalue weighted by molar-refractivity contribution is 5.72. The summed E-state index contributed by atoms with van der Waals surface area (Å²) in [5.74, 6) is 0.659. The Labute approximate surface area is 178 Å². The average Bonchev–Trinajstić information content (AvgIpc) is 3.28. The van der Waals surface area contributed by atoms with Gasteiger partial charge in [0.1, 0.15) is 0 Å². The molecule has 7 nitrogen and oxygen atoms in total. The lowest BCUT2D eigenvalue weighted by molar-refractivity contribution is -0.144. The molecule has 3 heterocycles. The maximum Gasteiger partial charge on any atom is 0.310 e. The van der Waals surface area contributed by atoms with Gasteiger partial charge in [0.2, 0.25) is 0 Å². The monoisotopic (exact) mass is 407 g/mol. The van der Waals surface area contributed by atoms with Crippen LogP contribution in [0.2, 0.25) is 0 Å². The van der Waals surface area contributed by atoms with Crippen molar-refractivity contribution in [2.45, 2.75) is 6.42 Å². The summed E-state index contributed by atoms with van der Waals surface area (Å²) in [7, 11) is 1.46. The van der Waals surface area contributed by atoms with E-state index in [1.165, 1.54) is 12.8 Å². The zero-order valence-corrected chi connectivity index (χ0v) is 17.5. The molecule has 2 aromatic rings. The highest BCUT2D eigenvalue weighted by Crippen LogP contribution is 2.23. The van der Waals surface area contributed by atoms with Gasteiger partial charge < -0.3 is 14.5 Å². The van der Waals surface area contributed by atoms with Gasteiger partial charge in [-0.25, -0.2) is 9.97 Å². The fourth-order valence-corrected chi connectivity index (χ4v) is 4.24. The number of ether oxygens (including phenoxy) is 1. The zero-order chi connectivity index (χ0) is 20.9. The van der Waals surface area contributed by atoms with E-state index in [9.17, 15) is 4.79 Å². The van der Waals surface area contributed by atoms with Crippen molar-refractivity contribution < 1.29 is 9.53 Å². The quantitative estimate of drug-likeness (QED) is 0.681. The molecule has 0 N–H and O–H groups in total. The maximum atomic E-state index is 11.7. The van der Waals surface area contributed by atoms with E-state index in [0.29, 0.717) is 0 Å². The van der Waals surface area contributed by atoms with E-state index in [-0.39, 0.29) is 11.9 Å². The average molecular weight is 408 g/mol. The molecule has 1 atom stereocenters. The minimum atomic E-state index is -0.0958. The van der Waals surface area contributed by atoms with Crippen LogP contribution in [0.3, 0.4) is 0 Å². The van der Waals surface area contributed by atoms with Crippen LogP contribution in [0.25, 0.3) is 11.4 Å². The van der Waals surface area contributed by atoms with E-state index < -0.39 is 0 Å². The van der Waals surface area contributed by atoms with Crippen LogP contribution in [0.1, 0.15) is 6.42 Å². The summed E-state index contributed by atoms with van der Waals surface area (Å²) in [4.78, 5) is 27.4. The molecule has 0 bridgehead atoms. The molecule has 30 heavy (non-hydrogen) atoms. The topological polar surface area (TPSA) is 61.8 Å². The van der Waals surface area contributed by atoms with Gasteiger partial charge in [0.15, 0.2) is 5.82 Å². The van der Waals surface area contributed by atoms with Crippen LogP contribution in [-0.4, -0.2) is 78.7 Å². The van der Waals surface area contributed by atoms with Crippen LogP contribution in [0.5, 0.6) is 0 Å². The number of esters is 1. The van der Waals surface area contributed by atoms with E-state index in [1.54, 1.807) is 12.4 Å². The van der Waals surface area contributed by atoms with Crippen LogP contribution in [0, 0.1) is 5.92 Å².